The lowest BCUT2D eigenvalue weighted by molar-refractivity contribution is 0.0526. The molecule has 1 aromatic carbocycles. The summed E-state index contributed by atoms with van der Waals surface area (Å²) in [7, 11) is 0. The minimum atomic E-state index is -0.387. The molecular formula is C12H14N4O2. The lowest BCUT2D eigenvalue weighted by atomic mass is 10.1. The van der Waals surface area contributed by atoms with E-state index < -0.39 is 0 Å². The fraction of sp³-hybridized carbons (Fsp3) is 0.250. The molecule has 0 saturated heterocycles. The highest BCUT2D eigenvalue weighted by Crippen LogP contribution is 2.16. The molecule has 0 atom stereocenters. The second-order valence-corrected chi connectivity index (χ2v) is 3.38. The summed E-state index contributed by atoms with van der Waals surface area (Å²) < 4.78 is 4.90. The average molecular weight is 246 g/mol. The molecule has 0 heterocycles. The summed E-state index contributed by atoms with van der Waals surface area (Å²) >= 11 is 0. The van der Waals surface area contributed by atoms with Gasteiger partial charge in [0, 0.05) is 17.1 Å². The molecule has 2 N–H and O–H groups in total. The van der Waals surface area contributed by atoms with Gasteiger partial charge < -0.3 is 10.5 Å². The van der Waals surface area contributed by atoms with E-state index in [4.69, 9.17) is 16.0 Å². The monoisotopic (exact) mass is 246 g/mol. The fourth-order valence-corrected chi connectivity index (χ4v) is 1.32. The summed E-state index contributed by atoms with van der Waals surface area (Å²) in [6.07, 6.45) is 3.37. The summed E-state index contributed by atoms with van der Waals surface area (Å²) in [6, 6.07) is 4.89. The number of carbonyl (C=O) groups excluding carboxylic acids is 1. The second kappa shape index (κ2) is 6.98. The van der Waals surface area contributed by atoms with E-state index >= 15 is 0 Å². The van der Waals surface area contributed by atoms with E-state index in [9.17, 15) is 4.79 Å². The van der Waals surface area contributed by atoms with Gasteiger partial charge in [-0.1, -0.05) is 17.3 Å². The smallest absolute Gasteiger partial charge is 0.338 e. The third kappa shape index (κ3) is 3.84. The molecule has 18 heavy (non-hydrogen) atoms. The first kappa shape index (κ1) is 13.6. The molecule has 0 unspecified atom stereocenters. The van der Waals surface area contributed by atoms with Gasteiger partial charge in [-0.25, -0.2) is 4.79 Å². The van der Waals surface area contributed by atoms with Crippen LogP contribution < -0.4 is 5.73 Å². The highest BCUT2D eigenvalue weighted by atomic mass is 16.5. The summed E-state index contributed by atoms with van der Waals surface area (Å²) in [4.78, 5) is 14.2. The standard InChI is InChI=1S/C12H14N4O2/c1-2-18-12(17)10-5-6-11(13)9(8-10)4-3-7-15-16-14/h3-6,8H,2,7,13H2,1H3. The third-order valence-electron chi connectivity index (χ3n) is 2.15. The number of benzene rings is 1. The second-order valence-electron chi connectivity index (χ2n) is 3.38. The maximum Gasteiger partial charge on any atom is 0.338 e. The Morgan fingerprint density at radius 1 is 1.61 bits per heavy atom. The molecule has 6 heteroatoms. The fourth-order valence-electron chi connectivity index (χ4n) is 1.32. The van der Waals surface area contributed by atoms with Crippen molar-refractivity contribution in [3.05, 3.63) is 45.8 Å². The third-order valence-corrected chi connectivity index (χ3v) is 2.15. The summed E-state index contributed by atoms with van der Waals surface area (Å²) in [6.45, 7) is 2.31. The SMILES string of the molecule is CCOC(=O)c1ccc(N)c(C=CCN=[N+]=[N-])c1. The molecule has 94 valence electrons. The van der Waals surface area contributed by atoms with Gasteiger partial charge in [0.15, 0.2) is 0 Å². The lowest BCUT2D eigenvalue weighted by Crippen LogP contribution is -2.05. The van der Waals surface area contributed by atoms with Gasteiger partial charge in [0.25, 0.3) is 0 Å². The minimum absolute atomic E-state index is 0.236. The van der Waals surface area contributed by atoms with Crippen LogP contribution in [-0.4, -0.2) is 19.1 Å². The number of nitrogens with two attached hydrogens (primary N) is 1. The van der Waals surface area contributed by atoms with E-state index in [1.807, 2.05) is 0 Å². The van der Waals surface area contributed by atoms with E-state index in [1.165, 1.54) is 0 Å². The molecule has 0 aromatic heterocycles. The molecule has 0 fully saturated rings. The van der Waals surface area contributed by atoms with Crippen molar-refractivity contribution >= 4 is 17.7 Å². The maximum absolute atomic E-state index is 11.5. The van der Waals surface area contributed by atoms with E-state index in [-0.39, 0.29) is 12.5 Å². The van der Waals surface area contributed by atoms with Crippen LogP contribution in [0.15, 0.2) is 29.4 Å². The number of ether oxygens (including phenoxy) is 1. The molecule has 1 aromatic rings. The van der Waals surface area contributed by atoms with Gasteiger partial charge in [-0.05, 0) is 36.2 Å². The molecule has 0 aliphatic carbocycles. The zero-order valence-electron chi connectivity index (χ0n) is 10.0. The molecule has 1 rings (SSSR count). The Morgan fingerprint density at radius 3 is 3.06 bits per heavy atom. The predicted octanol–water partition coefficient (Wildman–Crippen LogP) is 2.77. The van der Waals surface area contributed by atoms with E-state index in [0.29, 0.717) is 23.4 Å². The van der Waals surface area contributed by atoms with Crippen LogP contribution in [0.4, 0.5) is 5.69 Å². The number of azide groups is 1. The van der Waals surface area contributed by atoms with Crippen LogP contribution in [0.25, 0.3) is 16.5 Å². The molecule has 6 nitrogen and oxygen atoms in total. The van der Waals surface area contributed by atoms with Crippen molar-refractivity contribution in [3.8, 4) is 0 Å². The number of nitrogens with zero attached hydrogens (tertiary/aromatic N) is 3. The normalized spacial score (nSPS) is 10.1. The Hall–Kier alpha value is -2.46. The van der Waals surface area contributed by atoms with Crippen molar-refractivity contribution in [2.24, 2.45) is 5.11 Å². The molecule has 0 aliphatic heterocycles. The number of hydrogen-bond donors (Lipinski definition) is 1. The van der Waals surface area contributed by atoms with Gasteiger partial charge in [0.1, 0.15) is 0 Å². The van der Waals surface area contributed by atoms with Crippen molar-refractivity contribution in [1.82, 2.24) is 0 Å². The average Bonchev–Trinajstić information content (AvgIpc) is 2.37. The molecule has 0 amide bonds. The van der Waals surface area contributed by atoms with Crippen LogP contribution in [0.3, 0.4) is 0 Å². The van der Waals surface area contributed by atoms with Gasteiger partial charge in [0.2, 0.25) is 0 Å². The first-order valence-corrected chi connectivity index (χ1v) is 5.43. The van der Waals surface area contributed by atoms with Gasteiger partial charge in [-0.15, -0.1) is 0 Å². The first-order chi connectivity index (χ1) is 8.69. The predicted molar refractivity (Wildman–Crippen MR) is 69.9 cm³/mol. The Bertz CT molecular complexity index is 505. The zero-order chi connectivity index (χ0) is 13.4. The molecule has 0 radical (unpaired) electrons. The summed E-state index contributed by atoms with van der Waals surface area (Å²) in [5.74, 6) is -0.387. The topological polar surface area (TPSA) is 101 Å². The molecule has 0 bridgehead atoms. The number of esters is 1. The van der Waals surface area contributed by atoms with Crippen LogP contribution in [-0.2, 0) is 4.74 Å². The molecule has 0 spiro atoms. The van der Waals surface area contributed by atoms with E-state index in [2.05, 4.69) is 10.0 Å². The van der Waals surface area contributed by atoms with Gasteiger partial charge in [-0.3, -0.25) is 0 Å². The highest BCUT2D eigenvalue weighted by Gasteiger charge is 2.07. The van der Waals surface area contributed by atoms with Crippen LogP contribution >= 0.6 is 0 Å². The Kier molecular flexibility index (Phi) is 5.28. The minimum Gasteiger partial charge on any atom is -0.462 e. The quantitative estimate of drug-likeness (QED) is 0.284. The zero-order valence-corrected chi connectivity index (χ0v) is 10.0. The maximum atomic E-state index is 11.5. The van der Waals surface area contributed by atoms with Gasteiger partial charge >= 0.3 is 5.97 Å². The number of hydrogen-bond acceptors (Lipinski definition) is 4. The number of carbonyl (C=O) groups is 1. The largest absolute Gasteiger partial charge is 0.462 e. The van der Waals surface area contributed by atoms with Crippen molar-refractivity contribution in [3.63, 3.8) is 0 Å². The van der Waals surface area contributed by atoms with Crippen molar-refractivity contribution < 1.29 is 9.53 Å². The molecule has 0 aliphatic rings. The number of anilines is 1. The molecule has 0 saturated carbocycles. The number of rotatable bonds is 5. The van der Waals surface area contributed by atoms with Gasteiger partial charge in [0.05, 0.1) is 12.2 Å². The molecular weight excluding hydrogens is 232 g/mol. The lowest BCUT2D eigenvalue weighted by Gasteiger charge is -2.05. The van der Waals surface area contributed by atoms with Crippen LogP contribution in [0.2, 0.25) is 0 Å². The van der Waals surface area contributed by atoms with Crippen molar-refractivity contribution in [2.75, 3.05) is 18.9 Å². The van der Waals surface area contributed by atoms with Crippen LogP contribution in [0.5, 0.6) is 0 Å². The highest BCUT2D eigenvalue weighted by molar-refractivity contribution is 5.91. The van der Waals surface area contributed by atoms with E-state index in [0.717, 1.165) is 0 Å². The first-order valence-electron chi connectivity index (χ1n) is 5.43. The summed E-state index contributed by atoms with van der Waals surface area (Å²) in [5, 5.41) is 3.36. The Morgan fingerprint density at radius 2 is 2.39 bits per heavy atom. The van der Waals surface area contributed by atoms with Crippen molar-refractivity contribution in [2.45, 2.75) is 6.92 Å². The van der Waals surface area contributed by atoms with Crippen LogP contribution in [0, 0.1) is 0 Å². The number of nitrogen functional groups attached to an aromatic ring is 1. The van der Waals surface area contributed by atoms with Gasteiger partial charge in [-0.2, -0.15) is 0 Å². The Labute approximate surface area is 105 Å². The Balaban J connectivity index is 2.90. The van der Waals surface area contributed by atoms with Crippen molar-refractivity contribution in [1.29, 1.82) is 0 Å². The summed E-state index contributed by atoms with van der Waals surface area (Å²) in [5.41, 5.74) is 15.6. The van der Waals surface area contributed by atoms with E-state index in [1.54, 1.807) is 37.3 Å². The van der Waals surface area contributed by atoms with Crippen LogP contribution in [0.1, 0.15) is 22.8 Å².